The Morgan fingerprint density at radius 1 is 1.16 bits per heavy atom. The Morgan fingerprint density at radius 2 is 1.92 bits per heavy atom. The monoisotopic (exact) mass is 394 g/mol. The summed E-state index contributed by atoms with van der Waals surface area (Å²) in [4.78, 5) is 25.4. The van der Waals surface area contributed by atoms with Crippen LogP contribution in [0.2, 0.25) is 15.1 Å². The lowest BCUT2D eigenvalue weighted by Gasteiger charge is -2.13. The first kappa shape index (κ1) is 17.8. The number of hydrogen-bond acceptors (Lipinski definition) is 2. The molecule has 0 spiro atoms. The number of anilines is 1. The van der Waals surface area contributed by atoms with Gasteiger partial charge in [0.2, 0.25) is 5.43 Å². The Balaban J connectivity index is 2.11. The van der Waals surface area contributed by atoms with E-state index in [1.165, 1.54) is 6.20 Å². The summed E-state index contributed by atoms with van der Waals surface area (Å²) in [7, 11) is 0. The highest BCUT2D eigenvalue weighted by Gasteiger charge is 2.17. The molecule has 0 aliphatic rings. The Hall–Kier alpha value is -2.01. The van der Waals surface area contributed by atoms with Crippen LogP contribution in [-0.4, -0.2) is 10.5 Å². The van der Waals surface area contributed by atoms with Gasteiger partial charge in [-0.2, -0.15) is 0 Å². The number of carbonyl (C=O) groups excluding carboxylic acids is 1. The number of amides is 1. The van der Waals surface area contributed by atoms with Crippen molar-refractivity contribution >= 4 is 57.3 Å². The number of halogens is 3. The predicted octanol–water partition coefficient (Wildman–Crippen LogP) is 5.23. The zero-order valence-corrected chi connectivity index (χ0v) is 15.4. The van der Waals surface area contributed by atoms with Crippen molar-refractivity contribution < 1.29 is 4.79 Å². The van der Waals surface area contributed by atoms with Gasteiger partial charge in [-0.05, 0) is 37.3 Å². The first-order valence-corrected chi connectivity index (χ1v) is 8.63. The summed E-state index contributed by atoms with van der Waals surface area (Å²) in [6.45, 7) is 2.52. The molecule has 3 rings (SSSR count). The van der Waals surface area contributed by atoms with E-state index in [4.69, 9.17) is 34.8 Å². The normalized spacial score (nSPS) is 10.9. The first-order valence-electron chi connectivity index (χ1n) is 7.50. The number of rotatable bonds is 3. The molecule has 0 aliphatic heterocycles. The molecule has 1 amide bonds. The van der Waals surface area contributed by atoms with Gasteiger partial charge in [-0.3, -0.25) is 9.59 Å². The van der Waals surface area contributed by atoms with Crippen LogP contribution in [0.5, 0.6) is 0 Å². The Morgan fingerprint density at radius 3 is 2.64 bits per heavy atom. The molecular weight excluding hydrogens is 383 g/mol. The van der Waals surface area contributed by atoms with E-state index in [1.54, 1.807) is 36.4 Å². The van der Waals surface area contributed by atoms with Crippen molar-refractivity contribution in [2.24, 2.45) is 0 Å². The fourth-order valence-corrected chi connectivity index (χ4v) is 3.10. The largest absolute Gasteiger partial charge is 0.347 e. The van der Waals surface area contributed by atoms with Crippen LogP contribution in [-0.2, 0) is 6.54 Å². The third-order valence-corrected chi connectivity index (χ3v) is 4.88. The molecule has 7 heteroatoms. The topological polar surface area (TPSA) is 51.1 Å². The first-order chi connectivity index (χ1) is 11.9. The van der Waals surface area contributed by atoms with Crippen molar-refractivity contribution in [2.75, 3.05) is 5.32 Å². The average Bonchev–Trinajstić information content (AvgIpc) is 2.59. The molecule has 1 N–H and O–H groups in total. The number of aryl methyl sites for hydroxylation is 1. The summed E-state index contributed by atoms with van der Waals surface area (Å²) in [5, 5.41) is 3.99. The predicted molar refractivity (Wildman–Crippen MR) is 103 cm³/mol. The molecule has 0 saturated heterocycles. The quantitative estimate of drug-likeness (QED) is 0.660. The molecule has 1 aromatic heterocycles. The molecule has 128 valence electrons. The standard InChI is InChI=1S/C18H13Cl3N2O2/c1-2-23-9-12(17(24)11-8-10(19)6-7-15(11)23)18(25)22-14-5-3-4-13(20)16(14)21/h3-9H,2H2,1H3,(H,22,25). The van der Waals surface area contributed by atoms with Gasteiger partial charge in [-0.25, -0.2) is 0 Å². The van der Waals surface area contributed by atoms with Crippen molar-refractivity contribution in [1.82, 2.24) is 4.57 Å². The second-order valence-electron chi connectivity index (χ2n) is 5.37. The van der Waals surface area contributed by atoms with Gasteiger partial charge in [0.1, 0.15) is 5.56 Å². The molecular formula is C18H13Cl3N2O2. The van der Waals surface area contributed by atoms with Gasteiger partial charge in [0, 0.05) is 23.2 Å². The molecule has 0 saturated carbocycles. The number of carbonyl (C=O) groups is 1. The van der Waals surface area contributed by atoms with Crippen LogP contribution in [0.15, 0.2) is 47.4 Å². The summed E-state index contributed by atoms with van der Waals surface area (Å²) >= 11 is 18.1. The summed E-state index contributed by atoms with van der Waals surface area (Å²) in [5.74, 6) is -0.557. The summed E-state index contributed by atoms with van der Waals surface area (Å²) in [6.07, 6.45) is 1.53. The molecule has 4 nitrogen and oxygen atoms in total. The average molecular weight is 396 g/mol. The number of fused-ring (bicyclic) bond motifs is 1. The Labute approximate surface area is 158 Å². The van der Waals surface area contributed by atoms with E-state index in [1.807, 2.05) is 11.5 Å². The van der Waals surface area contributed by atoms with Crippen molar-refractivity contribution in [3.05, 3.63) is 73.4 Å². The van der Waals surface area contributed by atoms with Crippen LogP contribution in [0.1, 0.15) is 17.3 Å². The van der Waals surface area contributed by atoms with Crippen LogP contribution >= 0.6 is 34.8 Å². The number of hydrogen-bond donors (Lipinski definition) is 1. The van der Waals surface area contributed by atoms with Crippen LogP contribution in [0.25, 0.3) is 10.9 Å². The molecule has 25 heavy (non-hydrogen) atoms. The maximum atomic E-state index is 12.7. The summed E-state index contributed by atoms with van der Waals surface area (Å²) in [6, 6.07) is 9.92. The summed E-state index contributed by atoms with van der Waals surface area (Å²) in [5.41, 5.74) is 0.674. The zero-order chi connectivity index (χ0) is 18.1. The minimum atomic E-state index is -0.557. The minimum Gasteiger partial charge on any atom is -0.347 e. The van der Waals surface area contributed by atoms with Crippen LogP contribution < -0.4 is 10.7 Å². The van der Waals surface area contributed by atoms with E-state index in [2.05, 4.69) is 5.32 Å². The minimum absolute atomic E-state index is 0.00709. The van der Waals surface area contributed by atoms with E-state index < -0.39 is 11.3 Å². The molecule has 0 atom stereocenters. The smallest absolute Gasteiger partial charge is 0.261 e. The van der Waals surface area contributed by atoms with Gasteiger partial charge in [0.15, 0.2) is 0 Å². The molecule has 0 fully saturated rings. The van der Waals surface area contributed by atoms with E-state index in [-0.39, 0.29) is 10.6 Å². The highest BCUT2D eigenvalue weighted by molar-refractivity contribution is 6.44. The van der Waals surface area contributed by atoms with Crippen LogP contribution in [0, 0.1) is 0 Å². The Kier molecular flexibility index (Phi) is 5.04. The second-order valence-corrected chi connectivity index (χ2v) is 6.60. The maximum Gasteiger partial charge on any atom is 0.261 e. The van der Waals surface area contributed by atoms with Gasteiger partial charge in [0.05, 0.1) is 21.2 Å². The third-order valence-electron chi connectivity index (χ3n) is 3.83. The third kappa shape index (κ3) is 3.38. The van der Waals surface area contributed by atoms with E-state index in [0.29, 0.717) is 33.2 Å². The molecule has 0 aliphatic carbocycles. The van der Waals surface area contributed by atoms with Crippen LogP contribution in [0.4, 0.5) is 5.69 Å². The van der Waals surface area contributed by atoms with Gasteiger partial charge in [0.25, 0.3) is 5.91 Å². The maximum absolute atomic E-state index is 12.7. The van der Waals surface area contributed by atoms with E-state index in [9.17, 15) is 9.59 Å². The summed E-state index contributed by atoms with van der Waals surface area (Å²) < 4.78 is 1.82. The zero-order valence-electron chi connectivity index (χ0n) is 13.1. The van der Waals surface area contributed by atoms with Gasteiger partial charge < -0.3 is 9.88 Å². The lowest BCUT2D eigenvalue weighted by atomic mass is 10.1. The SMILES string of the molecule is CCn1cc(C(=O)Nc2cccc(Cl)c2Cl)c(=O)c2cc(Cl)ccc21. The van der Waals surface area contributed by atoms with Crippen molar-refractivity contribution in [1.29, 1.82) is 0 Å². The van der Waals surface area contributed by atoms with Crippen LogP contribution in [0.3, 0.4) is 0 Å². The van der Waals surface area contributed by atoms with Crippen molar-refractivity contribution in [2.45, 2.75) is 13.5 Å². The number of aromatic nitrogens is 1. The molecule has 0 bridgehead atoms. The van der Waals surface area contributed by atoms with Crippen molar-refractivity contribution in [3.8, 4) is 0 Å². The highest BCUT2D eigenvalue weighted by Crippen LogP contribution is 2.29. The molecule has 0 unspecified atom stereocenters. The molecule has 1 heterocycles. The van der Waals surface area contributed by atoms with Gasteiger partial charge >= 0.3 is 0 Å². The molecule has 3 aromatic rings. The number of nitrogens with one attached hydrogen (secondary N) is 1. The number of pyridine rings is 1. The molecule has 2 aromatic carbocycles. The highest BCUT2D eigenvalue weighted by atomic mass is 35.5. The van der Waals surface area contributed by atoms with Gasteiger partial charge in [-0.15, -0.1) is 0 Å². The molecule has 0 radical (unpaired) electrons. The lowest BCUT2D eigenvalue weighted by Crippen LogP contribution is -2.24. The second kappa shape index (κ2) is 7.08. The number of benzene rings is 2. The number of nitrogens with zero attached hydrogens (tertiary/aromatic N) is 1. The fraction of sp³-hybridized carbons (Fsp3) is 0.111. The van der Waals surface area contributed by atoms with E-state index >= 15 is 0 Å². The lowest BCUT2D eigenvalue weighted by molar-refractivity contribution is 0.102. The van der Waals surface area contributed by atoms with Crippen molar-refractivity contribution in [3.63, 3.8) is 0 Å². The fourth-order valence-electron chi connectivity index (χ4n) is 2.58. The Bertz CT molecular complexity index is 1040. The van der Waals surface area contributed by atoms with Gasteiger partial charge in [-0.1, -0.05) is 40.9 Å². The van der Waals surface area contributed by atoms with E-state index in [0.717, 1.165) is 0 Å².